The van der Waals surface area contributed by atoms with Crippen molar-refractivity contribution in [1.29, 1.82) is 0 Å². The summed E-state index contributed by atoms with van der Waals surface area (Å²) in [5, 5.41) is 6.48. The van der Waals surface area contributed by atoms with Gasteiger partial charge in [-0.25, -0.2) is 13.1 Å². The average molecular weight is 553 g/mol. The van der Waals surface area contributed by atoms with Crippen LogP contribution in [0, 0.1) is 5.41 Å². The molecular formula is C21H37IN4O3S. The van der Waals surface area contributed by atoms with Crippen molar-refractivity contribution < 1.29 is 13.2 Å². The molecule has 1 aromatic carbocycles. The van der Waals surface area contributed by atoms with Crippen molar-refractivity contribution in [2.24, 2.45) is 10.4 Å². The summed E-state index contributed by atoms with van der Waals surface area (Å²) in [5.41, 5.74) is 0.229. The number of ether oxygens (including phenoxy) is 1. The number of hydrogen-bond acceptors (Lipinski definition) is 4. The Labute approximate surface area is 198 Å². The molecule has 1 aromatic rings. The van der Waals surface area contributed by atoms with Gasteiger partial charge in [0.25, 0.3) is 0 Å². The van der Waals surface area contributed by atoms with Crippen molar-refractivity contribution in [2.45, 2.75) is 50.8 Å². The molecule has 2 rings (SSSR count). The van der Waals surface area contributed by atoms with E-state index in [0.717, 1.165) is 38.7 Å². The van der Waals surface area contributed by atoms with Gasteiger partial charge in [-0.15, -0.1) is 24.0 Å². The first-order chi connectivity index (χ1) is 14.0. The number of nitrogens with zero attached hydrogens (tertiary/aromatic N) is 1. The molecule has 1 fully saturated rings. The zero-order valence-electron chi connectivity index (χ0n) is 18.2. The second kappa shape index (κ2) is 14.2. The fourth-order valence-corrected chi connectivity index (χ4v) is 4.74. The van der Waals surface area contributed by atoms with Crippen LogP contribution in [0.4, 0.5) is 0 Å². The summed E-state index contributed by atoms with van der Waals surface area (Å²) in [4.78, 5) is 5.08. The van der Waals surface area contributed by atoms with Crippen LogP contribution in [-0.2, 0) is 14.8 Å². The number of halogens is 1. The summed E-state index contributed by atoms with van der Waals surface area (Å²) in [6.45, 7) is 7.87. The molecule has 0 aromatic heterocycles. The van der Waals surface area contributed by atoms with Gasteiger partial charge in [0, 0.05) is 39.4 Å². The summed E-state index contributed by atoms with van der Waals surface area (Å²) >= 11 is 0. The normalized spacial score (nSPS) is 16.1. The van der Waals surface area contributed by atoms with Gasteiger partial charge >= 0.3 is 0 Å². The van der Waals surface area contributed by atoms with Crippen molar-refractivity contribution in [2.75, 3.05) is 39.4 Å². The zero-order chi connectivity index (χ0) is 21.0. The lowest BCUT2D eigenvalue weighted by atomic mass is 9.83. The molecule has 0 radical (unpaired) electrons. The summed E-state index contributed by atoms with van der Waals surface area (Å²) in [6, 6.07) is 8.40. The molecule has 1 aliphatic carbocycles. The van der Waals surface area contributed by atoms with E-state index < -0.39 is 10.0 Å². The third-order valence-corrected chi connectivity index (χ3v) is 6.80. The standard InChI is InChI=1S/C21H36N4O3S.HI/c1-3-22-20(24-18-21(12-8-9-13-21)14-17-28-4-2)23-15-16-25-29(26,27)19-10-6-5-7-11-19;/h5-7,10-11,25H,3-4,8-9,12-18H2,1-2H3,(H2,22,23,24);1H. The molecule has 172 valence electrons. The Hall–Kier alpha value is -0.910. The fourth-order valence-electron chi connectivity index (χ4n) is 3.68. The lowest BCUT2D eigenvalue weighted by molar-refractivity contribution is 0.107. The number of guanidine groups is 1. The molecule has 30 heavy (non-hydrogen) atoms. The molecule has 9 heteroatoms. The van der Waals surface area contributed by atoms with Gasteiger partial charge in [0.05, 0.1) is 4.90 Å². The lowest BCUT2D eigenvalue weighted by Crippen LogP contribution is -2.42. The average Bonchev–Trinajstić information content (AvgIpc) is 3.19. The largest absolute Gasteiger partial charge is 0.382 e. The minimum atomic E-state index is -3.48. The molecule has 0 spiro atoms. The first-order valence-electron chi connectivity index (χ1n) is 10.7. The van der Waals surface area contributed by atoms with E-state index in [9.17, 15) is 8.42 Å². The van der Waals surface area contributed by atoms with E-state index in [4.69, 9.17) is 9.73 Å². The summed E-state index contributed by atoms with van der Waals surface area (Å²) in [6.07, 6.45) is 5.94. The highest BCUT2D eigenvalue weighted by atomic mass is 127. The molecule has 0 atom stereocenters. The first kappa shape index (κ1) is 27.1. The molecule has 1 saturated carbocycles. The molecule has 0 amide bonds. The van der Waals surface area contributed by atoms with Crippen LogP contribution in [0.1, 0.15) is 46.0 Å². The monoisotopic (exact) mass is 552 g/mol. The number of nitrogens with one attached hydrogen (secondary N) is 3. The lowest BCUT2D eigenvalue weighted by Gasteiger charge is -2.27. The molecule has 3 N–H and O–H groups in total. The van der Waals surface area contributed by atoms with Crippen LogP contribution in [0.15, 0.2) is 40.2 Å². The predicted octanol–water partition coefficient (Wildman–Crippen LogP) is 3.13. The summed E-state index contributed by atoms with van der Waals surface area (Å²) in [5.74, 6) is 0.731. The summed E-state index contributed by atoms with van der Waals surface area (Å²) in [7, 11) is -3.48. The van der Waals surface area contributed by atoms with E-state index >= 15 is 0 Å². The van der Waals surface area contributed by atoms with Crippen LogP contribution in [0.2, 0.25) is 0 Å². The van der Waals surface area contributed by atoms with E-state index in [2.05, 4.69) is 15.4 Å². The Morgan fingerprint density at radius 1 is 1.10 bits per heavy atom. The van der Waals surface area contributed by atoms with Crippen molar-refractivity contribution >= 4 is 40.0 Å². The van der Waals surface area contributed by atoms with E-state index in [1.54, 1.807) is 30.3 Å². The fraction of sp³-hybridized carbons (Fsp3) is 0.667. The predicted molar refractivity (Wildman–Crippen MR) is 133 cm³/mol. The quantitative estimate of drug-likeness (QED) is 0.161. The van der Waals surface area contributed by atoms with Gasteiger partial charge in [-0.2, -0.15) is 0 Å². The van der Waals surface area contributed by atoms with Gasteiger partial charge in [0.15, 0.2) is 5.96 Å². The van der Waals surface area contributed by atoms with E-state index in [1.165, 1.54) is 25.7 Å². The van der Waals surface area contributed by atoms with Gasteiger partial charge < -0.3 is 15.4 Å². The van der Waals surface area contributed by atoms with Crippen LogP contribution < -0.4 is 15.4 Å². The Balaban J connectivity index is 0.00000450. The number of hydrogen-bond donors (Lipinski definition) is 3. The number of sulfonamides is 1. The molecule has 0 aliphatic heterocycles. The Kier molecular flexibility index (Phi) is 12.8. The molecule has 0 saturated heterocycles. The van der Waals surface area contributed by atoms with Crippen molar-refractivity contribution in [1.82, 2.24) is 15.4 Å². The number of rotatable bonds is 12. The van der Waals surface area contributed by atoms with Crippen LogP contribution in [0.5, 0.6) is 0 Å². The molecule has 0 heterocycles. The molecule has 7 nitrogen and oxygen atoms in total. The Morgan fingerprint density at radius 3 is 2.43 bits per heavy atom. The summed E-state index contributed by atoms with van der Waals surface area (Å²) < 4.78 is 32.7. The van der Waals surface area contributed by atoms with E-state index in [0.29, 0.717) is 6.54 Å². The van der Waals surface area contributed by atoms with Crippen LogP contribution in [0.3, 0.4) is 0 Å². The van der Waals surface area contributed by atoms with Crippen molar-refractivity contribution in [3.63, 3.8) is 0 Å². The van der Waals surface area contributed by atoms with Crippen LogP contribution >= 0.6 is 24.0 Å². The SMILES string of the molecule is CCNC(=NCC1(CCOCC)CCCC1)NCCNS(=O)(=O)c1ccccc1.I. The first-order valence-corrected chi connectivity index (χ1v) is 12.1. The van der Waals surface area contributed by atoms with Gasteiger partial charge in [-0.3, -0.25) is 4.99 Å². The van der Waals surface area contributed by atoms with Gasteiger partial charge in [0.1, 0.15) is 0 Å². The second-order valence-electron chi connectivity index (χ2n) is 7.49. The molecule has 1 aliphatic rings. The van der Waals surface area contributed by atoms with Crippen LogP contribution in [0.25, 0.3) is 0 Å². The highest BCUT2D eigenvalue weighted by Gasteiger charge is 2.33. The van der Waals surface area contributed by atoms with Gasteiger partial charge in [-0.05, 0) is 50.7 Å². The molecule has 0 bridgehead atoms. The van der Waals surface area contributed by atoms with Gasteiger partial charge in [-0.1, -0.05) is 31.0 Å². The van der Waals surface area contributed by atoms with E-state index in [1.807, 2.05) is 13.8 Å². The highest BCUT2D eigenvalue weighted by molar-refractivity contribution is 14.0. The third-order valence-electron chi connectivity index (χ3n) is 5.32. The van der Waals surface area contributed by atoms with Crippen molar-refractivity contribution in [3.05, 3.63) is 30.3 Å². The maximum Gasteiger partial charge on any atom is 0.240 e. The maximum atomic E-state index is 12.3. The minimum absolute atomic E-state index is 0. The Bertz CT molecular complexity index is 723. The number of aliphatic imine (C=N–C) groups is 1. The second-order valence-corrected chi connectivity index (χ2v) is 9.25. The van der Waals surface area contributed by atoms with E-state index in [-0.39, 0.29) is 40.8 Å². The highest BCUT2D eigenvalue weighted by Crippen LogP contribution is 2.41. The third kappa shape index (κ3) is 9.07. The minimum Gasteiger partial charge on any atom is -0.382 e. The Morgan fingerprint density at radius 2 is 1.80 bits per heavy atom. The zero-order valence-corrected chi connectivity index (χ0v) is 21.3. The molecular weight excluding hydrogens is 515 g/mol. The smallest absolute Gasteiger partial charge is 0.240 e. The maximum absolute atomic E-state index is 12.3. The van der Waals surface area contributed by atoms with Crippen molar-refractivity contribution in [3.8, 4) is 0 Å². The molecule has 0 unspecified atom stereocenters. The number of benzene rings is 1. The van der Waals surface area contributed by atoms with Gasteiger partial charge in [0.2, 0.25) is 10.0 Å². The topological polar surface area (TPSA) is 91.8 Å². The van der Waals surface area contributed by atoms with Crippen LogP contribution in [-0.4, -0.2) is 53.8 Å².